The van der Waals surface area contributed by atoms with Crippen molar-refractivity contribution in [1.29, 1.82) is 0 Å². The Kier molecular flexibility index (Phi) is 12.0. The molecule has 0 saturated heterocycles. The summed E-state index contributed by atoms with van der Waals surface area (Å²) in [6.45, 7) is 6.06. The Morgan fingerprint density at radius 1 is 0.857 bits per heavy atom. The zero-order valence-electron chi connectivity index (χ0n) is 9.67. The fourth-order valence-corrected chi connectivity index (χ4v) is 1.30. The van der Waals surface area contributed by atoms with Crippen molar-refractivity contribution in [2.45, 2.75) is 58.3 Å². The van der Waals surface area contributed by atoms with Crippen molar-refractivity contribution in [1.82, 2.24) is 0 Å². The third-order valence-corrected chi connectivity index (χ3v) is 2.23. The summed E-state index contributed by atoms with van der Waals surface area (Å²) in [7, 11) is 0. The lowest BCUT2D eigenvalue weighted by Crippen LogP contribution is -1.73. The van der Waals surface area contributed by atoms with Crippen LogP contribution in [0.25, 0.3) is 0 Å². The molecule has 0 aromatic heterocycles. The summed E-state index contributed by atoms with van der Waals surface area (Å²) in [6.07, 6.45) is 18.9. The summed E-state index contributed by atoms with van der Waals surface area (Å²) in [5, 5.41) is 0. The van der Waals surface area contributed by atoms with Gasteiger partial charge in [-0.25, -0.2) is 0 Å². The molecule has 0 unspecified atom stereocenters. The van der Waals surface area contributed by atoms with Crippen molar-refractivity contribution in [2.75, 3.05) is 0 Å². The summed E-state index contributed by atoms with van der Waals surface area (Å²) in [6, 6.07) is 0. The van der Waals surface area contributed by atoms with Crippen LogP contribution in [0.5, 0.6) is 0 Å². The molecule has 0 heteroatoms. The lowest BCUT2D eigenvalue weighted by molar-refractivity contribution is 0.674. The average molecular weight is 193 g/mol. The molecular weight excluding hydrogens is 168 g/mol. The minimum absolute atomic E-state index is 1.05. The second-order valence-corrected chi connectivity index (χ2v) is 3.70. The highest BCUT2D eigenvalue weighted by atomic mass is 13.9. The van der Waals surface area contributed by atoms with E-state index in [-0.39, 0.29) is 0 Å². The Balaban J connectivity index is 3.14. The fraction of sp³-hybridized carbons (Fsp3) is 0.643. The van der Waals surface area contributed by atoms with Crippen LogP contribution in [0.2, 0.25) is 0 Å². The summed E-state index contributed by atoms with van der Waals surface area (Å²) in [5.74, 6) is 0. The molecule has 14 heavy (non-hydrogen) atoms. The molecule has 0 amide bonds. The highest BCUT2D eigenvalue weighted by Gasteiger charge is 1.83. The molecule has 0 atom stereocenters. The maximum Gasteiger partial charge on any atom is -0.0348 e. The molecule has 0 aliphatic heterocycles. The summed E-state index contributed by atoms with van der Waals surface area (Å²) in [5.41, 5.74) is 0. The molecule has 0 fully saturated rings. The van der Waals surface area contributed by atoms with Gasteiger partial charge in [0.2, 0.25) is 0 Å². The van der Waals surface area contributed by atoms with Crippen molar-refractivity contribution in [2.24, 2.45) is 0 Å². The highest BCUT2D eigenvalue weighted by molar-refractivity contribution is 5.02. The highest BCUT2D eigenvalue weighted by Crippen LogP contribution is 2.03. The van der Waals surface area contributed by atoms with E-state index in [4.69, 9.17) is 0 Å². The van der Waals surface area contributed by atoms with E-state index >= 15 is 0 Å². The van der Waals surface area contributed by atoms with Crippen LogP contribution in [0.3, 0.4) is 0 Å². The van der Waals surface area contributed by atoms with E-state index in [0.717, 1.165) is 6.42 Å². The Hall–Kier alpha value is -0.520. The maximum absolute atomic E-state index is 3.81. The fourth-order valence-electron chi connectivity index (χ4n) is 1.30. The second kappa shape index (κ2) is 12.5. The van der Waals surface area contributed by atoms with Crippen LogP contribution in [0.15, 0.2) is 24.3 Å². The molecule has 1 radical (unpaired) electrons. The Morgan fingerprint density at radius 3 is 2.07 bits per heavy atom. The first-order valence-corrected chi connectivity index (χ1v) is 6.02. The molecule has 0 bridgehead atoms. The van der Waals surface area contributed by atoms with Gasteiger partial charge in [0.25, 0.3) is 0 Å². The third-order valence-electron chi connectivity index (χ3n) is 2.23. The molecule has 0 N–H and O–H groups in total. The van der Waals surface area contributed by atoms with Crippen LogP contribution in [-0.4, -0.2) is 0 Å². The Labute approximate surface area is 90.1 Å². The third kappa shape index (κ3) is 11.5. The van der Waals surface area contributed by atoms with Gasteiger partial charge in [0.05, 0.1) is 0 Å². The monoisotopic (exact) mass is 193 g/mol. The van der Waals surface area contributed by atoms with Gasteiger partial charge < -0.3 is 0 Å². The Morgan fingerprint density at radius 2 is 1.50 bits per heavy atom. The molecule has 0 aliphatic carbocycles. The van der Waals surface area contributed by atoms with E-state index < -0.39 is 0 Å². The van der Waals surface area contributed by atoms with Crippen LogP contribution in [0, 0.1) is 6.92 Å². The lowest BCUT2D eigenvalue weighted by Gasteiger charge is -1.93. The molecule has 0 aromatic rings. The van der Waals surface area contributed by atoms with E-state index in [1.165, 1.54) is 44.9 Å². The van der Waals surface area contributed by atoms with E-state index in [2.05, 4.69) is 38.2 Å². The molecule has 0 aliphatic rings. The van der Waals surface area contributed by atoms with Crippen LogP contribution in [-0.2, 0) is 0 Å². The number of unbranched alkanes of at least 4 members (excludes halogenated alkanes) is 6. The minimum atomic E-state index is 1.05. The maximum atomic E-state index is 3.81. The quantitative estimate of drug-likeness (QED) is 0.354. The van der Waals surface area contributed by atoms with Gasteiger partial charge in [-0.05, 0) is 25.7 Å². The minimum Gasteiger partial charge on any atom is -0.0845 e. The van der Waals surface area contributed by atoms with E-state index in [1.807, 2.05) is 0 Å². The molecule has 0 heterocycles. The van der Waals surface area contributed by atoms with Crippen LogP contribution in [0.1, 0.15) is 58.3 Å². The summed E-state index contributed by atoms with van der Waals surface area (Å²) in [4.78, 5) is 0. The molecular formula is C14H25. The van der Waals surface area contributed by atoms with Crippen molar-refractivity contribution < 1.29 is 0 Å². The van der Waals surface area contributed by atoms with Gasteiger partial charge in [-0.1, -0.05) is 63.8 Å². The van der Waals surface area contributed by atoms with Crippen LogP contribution >= 0.6 is 0 Å². The first kappa shape index (κ1) is 13.5. The number of hydrogen-bond donors (Lipinski definition) is 0. The van der Waals surface area contributed by atoms with Gasteiger partial charge in [0.15, 0.2) is 0 Å². The first-order chi connectivity index (χ1) is 6.91. The van der Waals surface area contributed by atoms with Gasteiger partial charge in [-0.15, -0.1) is 0 Å². The topological polar surface area (TPSA) is 0 Å². The van der Waals surface area contributed by atoms with Gasteiger partial charge in [0.1, 0.15) is 0 Å². The standard InChI is InChI=1S/C14H25/c1-3-5-7-9-11-13-14-12-10-8-6-4-2/h9,11,13-14H,1,3-8,10,12H2,2H3/b11-9+,14-13+. The van der Waals surface area contributed by atoms with E-state index in [0.29, 0.717) is 0 Å². The van der Waals surface area contributed by atoms with Crippen molar-refractivity contribution in [3.8, 4) is 0 Å². The van der Waals surface area contributed by atoms with E-state index in [9.17, 15) is 0 Å². The number of allylic oxidation sites excluding steroid dienone is 4. The molecule has 0 rings (SSSR count). The van der Waals surface area contributed by atoms with Gasteiger partial charge in [-0.2, -0.15) is 0 Å². The SMILES string of the molecule is [CH2]CCC/C=C/C=C/CCCCCC. The normalized spacial score (nSPS) is 11.9. The second-order valence-electron chi connectivity index (χ2n) is 3.70. The summed E-state index contributed by atoms with van der Waals surface area (Å²) >= 11 is 0. The van der Waals surface area contributed by atoms with Crippen LogP contribution < -0.4 is 0 Å². The predicted molar refractivity (Wildman–Crippen MR) is 66.2 cm³/mol. The number of hydrogen-bond acceptors (Lipinski definition) is 0. The smallest absolute Gasteiger partial charge is 0.0348 e. The largest absolute Gasteiger partial charge is 0.0845 e. The molecule has 0 aromatic carbocycles. The van der Waals surface area contributed by atoms with Crippen LogP contribution in [0.4, 0.5) is 0 Å². The van der Waals surface area contributed by atoms with E-state index in [1.54, 1.807) is 0 Å². The number of rotatable bonds is 9. The lowest BCUT2D eigenvalue weighted by atomic mass is 10.1. The predicted octanol–water partition coefficient (Wildman–Crippen LogP) is 5.07. The van der Waals surface area contributed by atoms with Gasteiger partial charge in [0, 0.05) is 0 Å². The molecule has 81 valence electrons. The average Bonchev–Trinajstić information content (AvgIpc) is 2.21. The Bertz CT molecular complexity index is 142. The molecule has 0 nitrogen and oxygen atoms in total. The zero-order chi connectivity index (χ0) is 10.5. The van der Waals surface area contributed by atoms with Crippen molar-refractivity contribution in [3.05, 3.63) is 31.2 Å². The molecule has 0 spiro atoms. The van der Waals surface area contributed by atoms with Gasteiger partial charge in [-0.3, -0.25) is 0 Å². The summed E-state index contributed by atoms with van der Waals surface area (Å²) < 4.78 is 0. The van der Waals surface area contributed by atoms with Crippen molar-refractivity contribution >= 4 is 0 Å². The van der Waals surface area contributed by atoms with Gasteiger partial charge >= 0.3 is 0 Å². The molecule has 0 saturated carbocycles. The van der Waals surface area contributed by atoms with Crippen molar-refractivity contribution in [3.63, 3.8) is 0 Å². The zero-order valence-corrected chi connectivity index (χ0v) is 9.67. The first-order valence-electron chi connectivity index (χ1n) is 6.02.